The highest BCUT2D eigenvalue weighted by Crippen LogP contribution is 2.48. The van der Waals surface area contributed by atoms with Crippen molar-refractivity contribution < 1.29 is 4.79 Å². The van der Waals surface area contributed by atoms with Gasteiger partial charge in [0, 0.05) is 48.1 Å². The second kappa shape index (κ2) is 5.37. The Hall–Kier alpha value is -2.37. The first-order valence-corrected chi connectivity index (χ1v) is 7.84. The lowest BCUT2D eigenvalue weighted by Crippen LogP contribution is -2.57. The van der Waals surface area contributed by atoms with Crippen molar-refractivity contribution in [2.45, 2.75) is 33.2 Å². The van der Waals surface area contributed by atoms with Crippen molar-refractivity contribution in [3.05, 3.63) is 51.7 Å². The zero-order chi connectivity index (χ0) is 16.8. The highest BCUT2D eigenvalue weighted by Gasteiger charge is 2.49. The molecule has 0 bridgehead atoms. The van der Waals surface area contributed by atoms with Crippen LogP contribution in [0, 0.1) is 5.41 Å². The summed E-state index contributed by atoms with van der Waals surface area (Å²) in [5, 5.41) is 4.22. The Morgan fingerprint density at radius 3 is 2.74 bits per heavy atom. The van der Waals surface area contributed by atoms with Crippen molar-refractivity contribution in [2.75, 3.05) is 6.54 Å². The summed E-state index contributed by atoms with van der Waals surface area (Å²) in [6.07, 6.45) is 4.44. The van der Waals surface area contributed by atoms with Gasteiger partial charge in [0.2, 0.25) is 5.56 Å². The number of pyridine rings is 1. The standard InChI is InChI=1S/C17H22N4O2/c1-5-13-6-11(7-14(22)19-13)16(23)21-10-17(2,3)15(21)12-8-18-20(4)9-12/h6-9,15H,5,10H2,1-4H3,(H,19,22). The van der Waals surface area contributed by atoms with Crippen LogP contribution in [0.4, 0.5) is 0 Å². The van der Waals surface area contributed by atoms with E-state index in [2.05, 4.69) is 23.9 Å². The molecule has 0 spiro atoms. The maximum Gasteiger partial charge on any atom is 0.254 e. The molecule has 122 valence electrons. The van der Waals surface area contributed by atoms with Crippen LogP contribution in [0.2, 0.25) is 0 Å². The van der Waals surface area contributed by atoms with Crippen LogP contribution in [-0.2, 0) is 13.5 Å². The zero-order valence-corrected chi connectivity index (χ0v) is 14.0. The molecule has 1 unspecified atom stereocenters. The molecule has 2 aromatic rings. The van der Waals surface area contributed by atoms with E-state index in [1.165, 1.54) is 6.07 Å². The number of hydrogen-bond donors (Lipinski definition) is 1. The number of aromatic amines is 1. The van der Waals surface area contributed by atoms with E-state index in [4.69, 9.17) is 0 Å². The number of likely N-dealkylation sites (tertiary alicyclic amines) is 1. The van der Waals surface area contributed by atoms with Gasteiger partial charge in [-0.1, -0.05) is 20.8 Å². The molecule has 0 radical (unpaired) electrons. The molecule has 1 N–H and O–H groups in total. The van der Waals surface area contributed by atoms with Gasteiger partial charge in [0.1, 0.15) is 0 Å². The molecular weight excluding hydrogens is 292 g/mol. The average Bonchev–Trinajstić information content (AvgIpc) is 2.89. The molecule has 3 rings (SSSR count). The number of carbonyl (C=O) groups excluding carboxylic acids is 1. The van der Waals surface area contributed by atoms with Crippen LogP contribution in [0.15, 0.2) is 29.3 Å². The molecule has 6 nitrogen and oxygen atoms in total. The Morgan fingerprint density at radius 2 is 2.17 bits per heavy atom. The minimum Gasteiger partial charge on any atom is -0.330 e. The predicted octanol–water partition coefficient (Wildman–Crippen LogP) is 1.89. The molecular formula is C17H22N4O2. The number of nitrogens with zero attached hydrogens (tertiary/aromatic N) is 3. The smallest absolute Gasteiger partial charge is 0.254 e. The first-order chi connectivity index (χ1) is 10.8. The Morgan fingerprint density at radius 1 is 1.43 bits per heavy atom. The van der Waals surface area contributed by atoms with Gasteiger partial charge >= 0.3 is 0 Å². The van der Waals surface area contributed by atoms with Crippen molar-refractivity contribution in [3.63, 3.8) is 0 Å². The first-order valence-electron chi connectivity index (χ1n) is 7.84. The van der Waals surface area contributed by atoms with Gasteiger partial charge in [-0.3, -0.25) is 14.3 Å². The molecule has 1 amide bonds. The largest absolute Gasteiger partial charge is 0.330 e. The van der Waals surface area contributed by atoms with E-state index in [0.29, 0.717) is 18.5 Å². The van der Waals surface area contributed by atoms with Gasteiger partial charge in [-0.15, -0.1) is 0 Å². The second-order valence-corrected chi connectivity index (χ2v) is 6.88. The summed E-state index contributed by atoms with van der Waals surface area (Å²) < 4.78 is 1.74. The number of nitrogens with one attached hydrogen (secondary N) is 1. The van der Waals surface area contributed by atoms with E-state index in [-0.39, 0.29) is 22.9 Å². The third-order valence-electron chi connectivity index (χ3n) is 4.46. The third kappa shape index (κ3) is 2.69. The maximum absolute atomic E-state index is 12.9. The molecule has 1 fully saturated rings. The van der Waals surface area contributed by atoms with Crippen LogP contribution in [0.3, 0.4) is 0 Å². The van der Waals surface area contributed by atoms with Gasteiger partial charge in [0.25, 0.3) is 5.91 Å². The SMILES string of the molecule is CCc1cc(C(=O)N2CC(C)(C)C2c2cnn(C)c2)cc(=O)[nH]1. The van der Waals surface area contributed by atoms with Crippen molar-refractivity contribution in [2.24, 2.45) is 12.5 Å². The molecule has 6 heteroatoms. The van der Waals surface area contributed by atoms with Crippen LogP contribution < -0.4 is 5.56 Å². The monoisotopic (exact) mass is 314 g/mol. The fourth-order valence-corrected chi connectivity index (χ4v) is 3.41. The van der Waals surface area contributed by atoms with Gasteiger partial charge in [0.15, 0.2) is 0 Å². The molecule has 0 saturated carbocycles. The summed E-state index contributed by atoms with van der Waals surface area (Å²) in [7, 11) is 1.87. The topological polar surface area (TPSA) is 71.0 Å². The van der Waals surface area contributed by atoms with E-state index in [0.717, 1.165) is 11.3 Å². The lowest BCUT2D eigenvalue weighted by atomic mass is 9.72. The number of aromatic nitrogens is 3. The van der Waals surface area contributed by atoms with E-state index >= 15 is 0 Å². The molecule has 23 heavy (non-hydrogen) atoms. The first kappa shape index (κ1) is 15.5. The zero-order valence-electron chi connectivity index (χ0n) is 14.0. The predicted molar refractivity (Wildman–Crippen MR) is 87.2 cm³/mol. The number of rotatable bonds is 3. The number of H-pyrrole nitrogens is 1. The third-order valence-corrected chi connectivity index (χ3v) is 4.46. The lowest BCUT2D eigenvalue weighted by molar-refractivity contribution is -0.0323. The van der Waals surface area contributed by atoms with Crippen molar-refractivity contribution in [1.29, 1.82) is 0 Å². The van der Waals surface area contributed by atoms with E-state index < -0.39 is 0 Å². The molecule has 1 aliphatic heterocycles. The normalized spacial score (nSPS) is 19.5. The highest BCUT2D eigenvalue weighted by molar-refractivity contribution is 5.95. The van der Waals surface area contributed by atoms with Gasteiger partial charge < -0.3 is 9.88 Å². The quantitative estimate of drug-likeness (QED) is 0.940. The van der Waals surface area contributed by atoms with Crippen LogP contribution >= 0.6 is 0 Å². The highest BCUT2D eigenvalue weighted by atomic mass is 16.2. The van der Waals surface area contributed by atoms with E-state index in [1.54, 1.807) is 16.9 Å². The Balaban J connectivity index is 1.93. The van der Waals surface area contributed by atoms with Crippen molar-refractivity contribution >= 4 is 5.91 Å². The number of carbonyl (C=O) groups is 1. The lowest BCUT2D eigenvalue weighted by Gasteiger charge is -2.54. The van der Waals surface area contributed by atoms with Crippen LogP contribution in [-0.4, -0.2) is 32.1 Å². The Bertz CT molecular complexity index is 803. The maximum atomic E-state index is 12.9. The van der Waals surface area contributed by atoms with Crippen molar-refractivity contribution in [1.82, 2.24) is 19.7 Å². The van der Waals surface area contributed by atoms with Crippen LogP contribution in [0.1, 0.15) is 48.4 Å². The van der Waals surface area contributed by atoms with Gasteiger partial charge in [-0.05, 0) is 12.5 Å². The summed E-state index contributed by atoms with van der Waals surface area (Å²) >= 11 is 0. The minimum absolute atomic E-state index is 0.00647. The summed E-state index contributed by atoms with van der Waals surface area (Å²) in [6, 6.07) is 3.13. The summed E-state index contributed by atoms with van der Waals surface area (Å²) in [6.45, 7) is 6.90. The molecule has 0 aromatic carbocycles. The molecule has 1 saturated heterocycles. The fraction of sp³-hybridized carbons (Fsp3) is 0.471. The summed E-state index contributed by atoms with van der Waals surface area (Å²) in [5.41, 5.74) is 2.02. The molecule has 1 aliphatic rings. The van der Waals surface area contributed by atoms with E-state index in [9.17, 15) is 9.59 Å². The second-order valence-electron chi connectivity index (χ2n) is 6.88. The fourth-order valence-electron chi connectivity index (χ4n) is 3.41. The average molecular weight is 314 g/mol. The Kier molecular flexibility index (Phi) is 3.62. The molecule has 0 aliphatic carbocycles. The van der Waals surface area contributed by atoms with Crippen LogP contribution in [0.5, 0.6) is 0 Å². The summed E-state index contributed by atoms with van der Waals surface area (Å²) in [5.74, 6) is -0.0982. The van der Waals surface area contributed by atoms with Crippen molar-refractivity contribution in [3.8, 4) is 0 Å². The van der Waals surface area contributed by atoms with Gasteiger partial charge in [0.05, 0.1) is 12.2 Å². The number of aryl methyl sites for hydroxylation is 2. The van der Waals surface area contributed by atoms with Crippen LogP contribution in [0.25, 0.3) is 0 Å². The Labute approximate surface area is 135 Å². The molecule has 1 atom stereocenters. The molecule has 3 heterocycles. The van der Waals surface area contributed by atoms with Gasteiger partial charge in [-0.25, -0.2) is 0 Å². The number of hydrogen-bond acceptors (Lipinski definition) is 3. The minimum atomic E-state index is -0.231. The molecule has 2 aromatic heterocycles. The number of amides is 1. The van der Waals surface area contributed by atoms with E-state index in [1.807, 2.05) is 25.1 Å². The van der Waals surface area contributed by atoms with Gasteiger partial charge in [-0.2, -0.15) is 5.10 Å². The summed E-state index contributed by atoms with van der Waals surface area (Å²) in [4.78, 5) is 29.2.